The summed E-state index contributed by atoms with van der Waals surface area (Å²) in [4.78, 5) is 13.2. The van der Waals surface area contributed by atoms with E-state index in [9.17, 15) is 13.6 Å². The number of carbonyl (C=O) groups excluding carboxylic acids is 1. The van der Waals surface area contributed by atoms with Crippen molar-refractivity contribution in [2.24, 2.45) is 5.92 Å². The van der Waals surface area contributed by atoms with Crippen LogP contribution in [0.1, 0.15) is 13.8 Å². The molecule has 0 aliphatic carbocycles. The molecule has 1 amide bonds. The van der Waals surface area contributed by atoms with E-state index in [1.54, 1.807) is 7.05 Å². The smallest absolute Gasteiger partial charge is 0.260 e. The molecule has 0 atom stereocenters. The van der Waals surface area contributed by atoms with Crippen LogP contribution in [0, 0.1) is 17.6 Å². The maximum atomic E-state index is 13.2. The zero-order valence-electron chi connectivity index (χ0n) is 10.7. The van der Waals surface area contributed by atoms with Gasteiger partial charge in [0, 0.05) is 19.7 Å². The molecule has 1 aromatic rings. The molecule has 0 saturated heterocycles. The van der Waals surface area contributed by atoms with Crippen LogP contribution in [0.5, 0.6) is 5.75 Å². The van der Waals surface area contributed by atoms with Crippen molar-refractivity contribution in [2.75, 3.05) is 20.2 Å². The van der Waals surface area contributed by atoms with E-state index in [0.29, 0.717) is 12.5 Å². The molecule has 5 heteroatoms. The van der Waals surface area contributed by atoms with Crippen LogP contribution in [0.15, 0.2) is 18.2 Å². The minimum Gasteiger partial charge on any atom is -0.481 e. The molecular formula is C13H17F2NO2. The second kappa shape index (κ2) is 6.33. The lowest BCUT2D eigenvalue weighted by molar-refractivity contribution is -0.132. The van der Waals surface area contributed by atoms with Crippen LogP contribution in [0.2, 0.25) is 0 Å². The van der Waals surface area contributed by atoms with Gasteiger partial charge >= 0.3 is 0 Å². The number of nitrogens with zero attached hydrogens (tertiary/aromatic N) is 1. The van der Waals surface area contributed by atoms with Gasteiger partial charge in [-0.25, -0.2) is 8.78 Å². The molecule has 0 aromatic heterocycles. The molecule has 0 aliphatic heterocycles. The number of halogens is 2. The largest absolute Gasteiger partial charge is 0.481 e. The minimum absolute atomic E-state index is 0.123. The highest BCUT2D eigenvalue weighted by atomic mass is 19.1. The quantitative estimate of drug-likeness (QED) is 0.811. The number of hydrogen-bond acceptors (Lipinski definition) is 2. The van der Waals surface area contributed by atoms with Gasteiger partial charge in [-0.3, -0.25) is 4.79 Å². The molecule has 0 fully saturated rings. The van der Waals surface area contributed by atoms with E-state index in [0.717, 1.165) is 12.1 Å². The molecule has 1 rings (SSSR count). The third kappa shape index (κ3) is 4.31. The first-order valence-electron chi connectivity index (χ1n) is 5.72. The van der Waals surface area contributed by atoms with E-state index in [4.69, 9.17) is 4.74 Å². The van der Waals surface area contributed by atoms with E-state index >= 15 is 0 Å². The van der Waals surface area contributed by atoms with Crippen LogP contribution in [-0.4, -0.2) is 31.0 Å². The Morgan fingerprint density at radius 3 is 2.61 bits per heavy atom. The zero-order valence-corrected chi connectivity index (χ0v) is 10.7. The number of ether oxygens (including phenoxy) is 1. The van der Waals surface area contributed by atoms with E-state index in [1.807, 2.05) is 13.8 Å². The first-order chi connectivity index (χ1) is 8.40. The Bertz CT molecular complexity index is 421. The summed E-state index contributed by atoms with van der Waals surface area (Å²) >= 11 is 0. The fraction of sp³-hybridized carbons (Fsp3) is 0.462. The van der Waals surface area contributed by atoms with Crippen molar-refractivity contribution < 1.29 is 18.3 Å². The maximum absolute atomic E-state index is 13.2. The Morgan fingerprint density at radius 1 is 1.39 bits per heavy atom. The number of amides is 1. The molecule has 0 spiro atoms. The first-order valence-corrected chi connectivity index (χ1v) is 5.72. The fourth-order valence-electron chi connectivity index (χ4n) is 1.49. The van der Waals surface area contributed by atoms with Crippen molar-refractivity contribution in [3.63, 3.8) is 0 Å². The molecule has 0 radical (unpaired) electrons. The molecule has 0 bridgehead atoms. The van der Waals surface area contributed by atoms with Gasteiger partial charge in [-0.1, -0.05) is 13.8 Å². The lowest BCUT2D eigenvalue weighted by Crippen LogP contribution is -2.34. The number of benzene rings is 1. The molecule has 0 N–H and O–H groups in total. The average Bonchev–Trinajstić information content (AvgIpc) is 2.26. The Hall–Kier alpha value is -1.65. The van der Waals surface area contributed by atoms with Gasteiger partial charge in [0.2, 0.25) is 0 Å². The van der Waals surface area contributed by atoms with Crippen molar-refractivity contribution in [1.82, 2.24) is 4.90 Å². The molecule has 0 saturated carbocycles. The summed E-state index contributed by atoms with van der Waals surface area (Å²) in [5, 5.41) is 0. The summed E-state index contributed by atoms with van der Waals surface area (Å²) in [6.45, 7) is 4.33. The van der Waals surface area contributed by atoms with Gasteiger partial charge in [0.1, 0.15) is 5.82 Å². The molecule has 0 heterocycles. The average molecular weight is 257 g/mol. The number of likely N-dealkylation sites (N-methyl/N-ethyl adjacent to an activating group) is 1. The van der Waals surface area contributed by atoms with E-state index in [1.165, 1.54) is 11.0 Å². The van der Waals surface area contributed by atoms with Crippen LogP contribution in [0.25, 0.3) is 0 Å². The Balaban J connectivity index is 2.52. The lowest BCUT2D eigenvalue weighted by Gasteiger charge is -2.19. The third-order valence-electron chi connectivity index (χ3n) is 2.31. The van der Waals surface area contributed by atoms with Crippen LogP contribution in [-0.2, 0) is 4.79 Å². The highest BCUT2D eigenvalue weighted by Crippen LogP contribution is 2.17. The van der Waals surface area contributed by atoms with Crippen molar-refractivity contribution in [1.29, 1.82) is 0 Å². The van der Waals surface area contributed by atoms with Crippen molar-refractivity contribution in [2.45, 2.75) is 13.8 Å². The van der Waals surface area contributed by atoms with Gasteiger partial charge in [-0.15, -0.1) is 0 Å². The maximum Gasteiger partial charge on any atom is 0.260 e. The predicted octanol–water partition coefficient (Wildman–Crippen LogP) is 2.46. The van der Waals surface area contributed by atoms with Gasteiger partial charge in [0.05, 0.1) is 0 Å². The molecule has 100 valence electrons. The molecule has 1 aromatic carbocycles. The summed E-state index contributed by atoms with van der Waals surface area (Å²) in [7, 11) is 1.66. The summed E-state index contributed by atoms with van der Waals surface area (Å²) in [6.07, 6.45) is 0. The lowest BCUT2D eigenvalue weighted by atomic mass is 10.2. The van der Waals surface area contributed by atoms with Crippen LogP contribution >= 0.6 is 0 Å². The van der Waals surface area contributed by atoms with Gasteiger partial charge < -0.3 is 9.64 Å². The molecule has 0 unspecified atom stereocenters. The third-order valence-corrected chi connectivity index (χ3v) is 2.31. The number of carbonyl (C=O) groups is 1. The molecular weight excluding hydrogens is 240 g/mol. The van der Waals surface area contributed by atoms with Gasteiger partial charge in [0.15, 0.2) is 18.2 Å². The standard InChI is InChI=1S/C13H17F2NO2/c1-9(2)7-16(3)13(17)8-18-12-5-4-10(14)6-11(12)15/h4-6,9H,7-8H2,1-3H3. The normalized spacial score (nSPS) is 10.6. The monoisotopic (exact) mass is 257 g/mol. The van der Waals surface area contributed by atoms with E-state index < -0.39 is 11.6 Å². The van der Waals surface area contributed by atoms with Crippen LogP contribution in [0.4, 0.5) is 8.78 Å². The summed E-state index contributed by atoms with van der Waals surface area (Å²) in [5.41, 5.74) is 0. The molecule has 18 heavy (non-hydrogen) atoms. The Morgan fingerprint density at radius 2 is 2.06 bits per heavy atom. The van der Waals surface area contributed by atoms with Crippen molar-refractivity contribution in [3.05, 3.63) is 29.8 Å². The zero-order chi connectivity index (χ0) is 13.7. The second-order valence-electron chi connectivity index (χ2n) is 4.53. The van der Waals surface area contributed by atoms with Gasteiger partial charge in [-0.2, -0.15) is 0 Å². The summed E-state index contributed by atoms with van der Waals surface area (Å²) in [6, 6.07) is 2.97. The Labute approximate surface area is 105 Å². The number of hydrogen-bond donors (Lipinski definition) is 0. The molecule has 3 nitrogen and oxygen atoms in total. The number of rotatable bonds is 5. The fourth-order valence-corrected chi connectivity index (χ4v) is 1.49. The minimum atomic E-state index is -0.811. The van der Waals surface area contributed by atoms with Gasteiger partial charge in [0.25, 0.3) is 5.91 Å². The SMILES string of the molecule is CC(C)CN(C)C(=O)COc1ccc(F)cc1F. The topological polar surface area (TPSA) is 29.5 Å². The molecule has 0 aliphatic rings. The second-order valence-corrected chi connectivity index (χ2v) is 4.53. The van der Waals surface area contributed by atoms with E-state index in [-0.39, 0.29) is 18.3 Å². The van der Waals surface area contributed by atoms with Crippen LogP contribution < -0.4 is 4.74 Å². The highest BCUT2D eigenvalue weighted by molar-refractivity contribution is 5.77. The van der Waals surface area contributed by atoms with Crippen molar-refractivity contribution >= 4 is 5.91 Å². The van der Waals surface area contributed by atoms with Gasteiger partial charge in [-0.05, 0) is 18.1 Å². The Kier molecular flexibility index (Phi) is 5.07. The van der Waals surface area contributed by atoms with E-state index in [2.05, 4.69) is 0 Å². The first kappa shape index (κ1) is 14.4. The summed E-state index contributed by atoms with van der Waals surface area (Å²) in [5.74, 6) is -1.51. The predicted molar refractivity (Wildman–Crippen MR) is 64.3 cm³/mol. The summed E-state index contributed by atoms with van der Waals surface area (Å²) < 4.78 is 30.9. The van der Waals surface area contributed by atoms with Crippen LogP contribution in [0.3, 0.4) is 0 Å². The highest BCUT2D eigenvalue weighted by Gasteiger charge is 2.12. The van der Waals surface area contributed by atoms with Crippen molar-refractivity contribution in [3.8, 4) is 5.75 Å².